The molecule has 0 aromatic heterocycles. The number of rotatable bonds is 2. The van der Waals surface area contributed by atoms with Crippen LogP contribution in [0, 0.1) is 0 Å². The summed E-state index contributed by atoms with van der Waals surface area (Å²) in [5.41, 5.74) is 1.27. The van der Waals surface area contributed by atoms with Gasteiger partial charge in [0.2, 0.25) is 0 Å². The number of para-hydroxylation sites is 1. The van der Waals surface area contributed by atoms with E-state index in [0.717, 1.165) is 23.6 Å². The maximum absolute atomic E-state index is 5.65. The topological polar surface area (TPSA) is 30.5 Å². The van der Waals surface area contributed by atoms with Gasteiger partial charge in [0, 0.05) is 17.6 Å². The maximum Gasteiger partial charge on any atom is 0.165 e. The Morgan fingerprint density at radius 2 is 1.94 bits per heavy atom. The van der Waals surface area contributed by atoms with Crippen molar-refractivity contribution in [3.8, 4) is 11.5 Å². The number of hydrogen-bond donors (Lipinski definition) is 1. The van der Waals surface area contributed by atoms with Crippen molar-refractivity contribution in [3.05, 3.63) is 23.8 Å². The highest BCUT2D eigenvalue weighted by Gasteiger charge is 2.16. The van der Waals surface area contributed by atoms with Crippen LogP contribution in [-0.2, 0) is 6.54 Å². The van der Waals surface area contributed by atoms with Gasteiger partial charge in [-0.25, -0.2) is 0 Å². The Kier molecular flexibility index (Phi) is 3.06. The van der Waals surface area contributed by atoms with E-state index in [9.17, 15) is 0 Å². The fraction of sp³-hybridized carbons (Fsp3) is 0.538. The van der Waals surface area contributed by atoms with Crippen LogP contribution in [0.4, 0.5) is 0 Å². The molecule has 0 radical (unpaired) electrons. The van der Waals surface area contributed by atoms with Gasteiger partial charge in [-0.05, 0) is 26.8 Å². The molecule has 0 atom stereocenters. The minimum atomic E-state index is 0.109. The number of fused-ring (bicyclic) bond motifs is 1. The molecule has 3 nitrogen and oxygen atoms in total. The summed E-state index contributed by atoms with van der Waals surface area (Å²) in [6.45, 7) is 8.54. The highest BCUT2D eigenvalue weighted by atomic mass is 16.6. The van der Waals surface area contributed by atoms with Gasteiger partial charge in [0.05, 0.1) is 0 Å². The molecular formula is C13H19NO2. The predicted molar refractivity (Wildman–Crippen MR) is 64.0 cm³/mol. The van der Waals surface area contributed by atoms with Gasteiger partial charge >= 0.3 is 0 Å². The predicted octanol–water partition coefficient (Wildman–Crippen LogP) is 2.35. The SMILES string of the molecule is CC(C)(C)NCc1cccc2c1OCCO2. The Morgan fingerprint density at radius 1 is 1.19 bits per heavy atom. The summed E-state index contributed by atoms with van der Waals surface area (Å²) < 4.78 is 11.2. The Morgan fingerprint density at radius 3 is 2.69 bits per heavy atom. The summed E-state index contributed by atoms with van der Waals surface area (Å²) in [4.78, 5) is 0. The molecule has 88 valence electrons. The first kappa shape index (κ1) is 11.3. The molecule has 1 N–H and O–H groups in total. The summed E-state index contributed by atoms with van der Waals surface area (Å²) in [5.74, 6) is 1.75. The van der Waals surface area contributed by atoms with Crippen molar-refractivity contribution >= 4 is 0 Å². The molecule has 1 heterocycles. The van der Waals surface area contributed by atoms with Crippen LogP contribution in [0.3, 0.4) is 0 Å². The van der Waals surface area contributed by atoms with Gasteiger partial charge in [-0.15, -0.1) is 0 Å². The Hall–Kier alpha value is -1.22. The van der Waals surface area contributed by atoms with Crippen molar-refractivity contribution in [1.29, 1.82) is 0 Å². The smallest absolute Gasteiger partial charge is 0.165 e. The van der Waals surface area contributed by atoms with Gasteiger partial charge in [-0.3, -0.25) is 0 Å². The van der Waals surface area contributed by atoms with Crippen molar-refractivity contribution in [3.63, 3.8) is 0 Å². The first-order valence-electron chi connectivity index (χ1n) is 5.69. The molecule has 0 unspecified atom stereocenters. The lowest BCUT2D eigenvalue weighted by molar-refractivity contribution is 0.169. The number of ether oxygens (including phenoxy) is 2. The van der Waals surface area contributed by atoms with E-state index in [1.54, 1.807) is 0 Å². The number of benzene rings is 1. The zero-order valence-corrected chi connectivity index (χ0v) is 10.2. The van der Waals surface area contributed by atoms with E-state index in [2.05, 4.69) is 32.2 Å². The van der Waals surface area contributed by atoms with Gasteiger partial charge in [-0.1, -0.05) is 12.1 Å². The molecule has 3 heteroatoms. The second kappa shape index (κ2) is 4.34. The van der Waals surface area contributed by atoms with Crippen molar-refractivity contribution < 1.29 is 9.47 Å². The number of nitrogens with one attached hydrogen (secondary N) is 1. The third-order valence-electron chi connectivity index (χ3n) is 2.46. The van der Waals surface area contributed by atoms with Crippen LogP contribution in [-0.4, -0.2) is 18.8 Å². The summed E-state index contributed by atoms with van der Waals surface area (Å²) in [5, 5.41) is 3.45. The van der Waals surface area contributed by atoms with Gasteiger partial charge in [0.25, 0.3) is 0 Å². The molecule has 0 bridgehead atoms. The van der Waals surface area contributed by atoms with Crippen molar-refractivity contribution in [2.45, 2.75) is 32.9 Å². The molecule has 0 amide bonds. The van der Waals surface area contributed by atoms with E-state index >= 15 is 0 Å². The molecule has 0 spiro atoms. The molecule has 0 aliphatic carbocycles. The summed E-state index contributed by atoms with van der Waals surface area (Å²) in [6.07, 6.45) is 0. The molecule has 0 fully saturated rings. The normalized spacial score (nSPS) is 14.9. The lowest BCUT2D eigenvalue weighted by atomic mass is 10.1. The first-order valence-corrected chi connectivity index (χ1v) is 5.69. The maximum atomic E-state index is 5.65. The van der Waals surface area contributed by atoms with Crippen LogP contribution in [0.15, 0.2) is 18.2 Å². The molecule has 1 aliphatic heterocycles. The van der Waals surface area contributed by atoms with E-state index in [-0.39, 0.29) is 5.54 Å². The second-order valence-electron chi connectivity index (χ2n) is 5.04. The molecule has 1 aromatic rings. The fourth-order valence-corrected chi connectivity index (χ4v) is 1.63. The van der Waals surface area contributed by atoms with E-state index in [4.69, 9.17) is 9.47 Å². The van der Waals surface area contributed by atoms with Crippen LogP contribution < -0.4 is 14.8 Å². The van der Waals surface area contributed by atoms with Gasteiger partial charge < -0.3 is 14.8 Å². The standard InChI is InChI=1S/C13H19NO2/c1-13(2,3)14-9-10-5-4-6-11-12(10)16-8-7-15-11/h4-6,14H,7-9H2,1-3H3. The van der Waals surface area contributed by atoms with Crippen LogP contribution >= 0.6 is 0 Å². The zero-order chi connectivity index (χ0) is 11.6. The molecule has 16 heavy (non-hydrogen) atoms. The Bertz CT molecular complexity index is 369. The first-order chi connectivity index (χ1) is 7.56. The monoisotopic (exact) mass is 221 g/mol. The molecular weight excluding hydrogens is 202 g/mol. The van der Waals surface area contributed by atoms with Crippen LogP contribution in [0.1, 0.15) is 26.3 Å². The minimum absolute atomic E-state index is 0.109. The number of hydrogen-bond acceptors (Lipinski definition) is 3. The zero-order valence-electron chi connectivity index (χ0n) is 10.2. The second-order valence-corrected chi connectivity index (χ2v) is 5.04. The average Bonchev–Trinajstić information content (AvgIpc) is 2.25. The molecule has 1 aliphatic rings. The summed E-state index contributed by atoms with van der Waals surface area (Å²) in [7, 11) is 0. The summed E-state index contributed by atoms with van der Waals surface area (Å²) in [6, 6.07) is 6.04. The van der Waals surface area contributed by atoms with Gasteiger partial charge in [-0.2, -0.15) is 0 Å². The van der Waals surface area contributed by atoms with Crippen molar-refractivity contribution in [1.82, 2.24) is 5.32 Å². The average molecular weight is 221 g/mol. The van der Waals surface area contributed by atoms with Gasteiger partial charge in [0.1, 0.15) is 13.2 Å². The van der Waals surface area contributed by atoms with E-state index in [1.165, 1.54) is 0 Å². The third-order valence-corrected chi connectivity index (χ3v) is 2.46. The Balaban J connectivity index is 2.15. The third kappa shape index (κ3) is 2.67. The van der Waals surface area contributed by atoms with E-state index < -0.39 is 0 Å². The molecule has 2 rings (SSSR count). The van der Waals surface area contributed by atoms with Gasteiger partial charge in [0.15, 0.2) is 11.5 Å². The quantitative estimate of drug-likeness (QED) is 0.831. The lowest BCUT2D eigenvalue weighted by Gasteiger charge is -2.24. The summed E-state index contributed by atoms with van der Waals surface area (Å²) >= 11 is 0. The van der Waals surface area contributed by atoms with E-state index in [1.807, 2.05) is 12.1 Å². The van der Waals surface area contributed by atoms with Crippen LogP contribution in [0.25, 0.3) is 0 Å². The van der Waals surface area contributed by atoms with Crippen molar-refractivity contribution in [2.24, 2.45) is 0 Å². The largest absolute Gasteiger partial charge is 0.486 e. The Labute approximate surface area is 96.8 Å². The van der Waals surface area contributed by atoms with E-state index in [0.29, 0.717) is 13.2 Å². The molecule has 0 saturated carbocycles. The van der Waals surface area contributed by atoms with Crippen LogP contribution in [0.5, 0.6) is 11.5 Å². The highest BCUT2D eigenvalue weighted by Crippen LogP contribution is 2.33. The van der Waals surface area contributed by atoms with Crippen molar-refractivity contribution in [2.75, 3.05) is 13.2 Å². The highest BCUT2D eigenvalue weighted by molar-refractivity contribution is 5.47. The van der Waals surface area contributed by atoms with Crippen LogP contribution in [0.2, 0.25) is 0 Å². The minimum Gasteiger partial charge on any atom is -0.486 e. The molecule has 0 saturated heterocycles. The lowest BCUT2D eigenvalue weighted by Crippen LogP contribution is -2.35. The fourth-order valence-electron chi connectivity index (χ4n) is 1.63. The molecule has 1 aromatic carbocycles.